The molecule has 2 aliphatic heterocycles. The van der Waals surface area contributed by atoms with Gasteiger partial charge in [-0.15, -0.1) is 0 Å². The van der Waals surface area contributed by atoms with Crippen molar-refractivity contribution in [3.63, 3.8) is 0 Å². The summed E-state index contributed by atoms with van der Waals surface area (Å²) in [5.41, 5.74) is 4.22. The van der Waals surface area contributed by atoms with E-state index in [1.165, 1.54) is 86.6 Å². The fourth-order valence-corrected chi connectivity index (χ4v) is 5.99. The largest absolute Gasteiger partial charge is 0.492 e. The molecule has 2 fully saturated rings. The Hall–Kier alpha value is -2.16. The molecule has 3 heteroatoms. The Morgan fingerprint density at radius 2 is 0.816 bits per heavy atom. The molecule has 4 aliphatic rings. The molecule has 0 N–H and O–H groups in total. The smallest absolute Gasteiger partial charge is 0.164 e. The number of rotatable bonds is 3. The number of hydrogen-bond donors (Lipinski definition) is 0. The van der Waals surface area contributed by atoms with Crippen LogP contribution >= 0.6 is 0 Å². The zero-order valence-corrected chi connectivity index (χ0v) is 36.5. The topological polar surface area (TPSA) is 27.7 Å². The first-order chi connectivity index (χ1) is 24.2. The summed E-state index contributed by atoms with van der Waals surface area (Å²) in [6.07, 6.45) is 13.7. The lowest BCUT2D eigenvalue weighted by Gasteiger charge is -2.23. The molecule has 49 heavy (non-hydrogen) atoms. The van der Waals surface area contributed by atoms with Gasteiger partial charge in [-0.1, -0.05) is 181 Å². The minimum atomic E-state index is 0.398. The van der Waals surface area contributed by atoms with Gasteiger partial charge in [0, 0.05) is 23.0 Å². The van der Waals surface area contributed by atoms with Crippen molar-refractivity contribution in [3.8, 4) is 17.2 Å². The van der Waals surface area contributed by atoms with Gasteiger partial charge in [-0.3, -0.25) is 0 Å². The zero-order valence-electron chi connectivity index (χ0n) is 36.5. The molecule has 6 rings (SSSR count). The number of para-hydroxylation sites is 2. The molecule has 2 unspecified atom stereocenters. The van der Waals surface area contributed by atoms with Gasteiger partial charge in [0.25, 0.3) is 0 Å². The molecule has 0 aromatic heterocycles. The average Bonchev–Trinajstić information content (AvgIpc) is 3.81. The normalized spacial score (nSPS) is 17.6. The predicted octanol–water partition coefficient (Wildman–Crippen LogP) is 16.3. The highest BCUT2D eigenvalue weighted by Gasteiger charge is 2.27. The summed E-state index contributed by atoms with van der Waals surface area (Å²) in [6, 6.07) is 13.0. The summed E-state index contributed by atoms with van der Waals surface area (Å²) >= 11 is 0. The van der Waals surface area contributed by atoms with Crippen molar-refractivity contribution >= 4 is 0 Å². The van der Waals surface area contributed by atoms with E-state index in [0.29, 0.717) is 17.9 Å². The second kappa shape index (κ2) is 38.6. The summed E-state index contributed by atoms with van der Waals surface area (Å²) in [5, 5.41) is 0. The summed E-state index contributed by atoms with van der Waals surface area (Å²) < 4.78 is 17.8. The minimum absolute atomic E-state index is 0.398. The van der Waals surface area contributed by atoms with E-state index in [1.54, 1.807) is 0 Å². The molecule has 2 aromatic carbocycles. The predicted molar refractivity (Wildman–Crippen MR) is 225 cm³/mol. The van der Waals surface area contributed by atoms with Crippen LogP contribution in [-0.2, 0) is 0 Å². The van der Waals surface area contributed by atoms with E-state index in [-0.39, 0.29) is 0 Å². The number of ether oxygens (including phenoxy) is 3. The monoisotopic (exact) mass is 689 g/mol. The Labute approximate surface area is 309 Å². The van der Waals surface area contributed by atoms with Gasteiger partial charge in [0.05, 0.1) is 19.3 Å². The minimum Gasteiger partial charge on any atom is -0.492 e. The van der Waals surface area contributed by atoms with E-state index in [2.05, 4.69) is 44.2 Å². The van der Waals surface area contributed by atoms with E-state index in [4.69, 9.17) is 14.2 Å². The van der Waals surface area contributed by atoms with E-state index in [0.717, 1.165) is 30.6 Å². The average molecular weight is 689 g/mol. The fraction of sp³-hybridized carbons (Fsp3) is 0.739. The van der Waals surface area contributed by atoms with Gasteiger partial charge in [-0.2, -0.15) is 0 Å². The maximum Gasteiger partial charge on any atom is 0.164 e. The standard InChI is InChI=1S/C15H20O2.C15H20O.8C2H6/c1-11-10-16-15-13(11)8-5-9-14(15)17-12-6-3-2-4-7-12;1-11-10-16-15-13(11)8-5-9-14(15)12-6-3-2-4-7-12;8*1-2/h5,8-9,11-12H,2-4,6-7,10H2,1H3;5,8-9,11-12H,2-4,6-7,10H2,1H3;8*1-2H3. The lowest BCUT2D eigenvalue weighted by molar-refractivity contribution is 0.149. The van der Waals surface area contributed by atoms with Gasteiger partial charge in [-0.25, -0.2) is 0 Å². The molecule has 0 radical (unpaired) electrons. The zero-order chi connectivity index (χ0) is 38.6. The molecule has 0 saturated heterocycles. The van der Waals surface area contributed by atoms with Gasteiger partial charge in [0.1, 0.15) is 5.75 Å². The van der Waals surface area contributed by atoms with Crippen LogP contribution in [0.4, 0.5) is 0 Å². The molecular weight excluding hydrogens is 601 g/mol. The quantitative estimate of drug-likeness (QED) is 0.321. The number of fused-ring (bicyclic) bond motifs is 2. The molecule has 0 amide bonds. The van der Waals surface area contributed by atoms with E-state index in [1.807, 2.05) is 117 Å². The molecule has 0 bridgehead atoms. The Morgan fingerprint density at radius 1 is 0.449 bits per heavy atom. The molecule has 2 heterocycles. The second-order valence-corrected chi connectivity index (χ2v) is 10.6. The summed E-state index contributed by atoms with van der Waals surface area (Å²) in [4.78, 5) is 0. The van der Waals surface area contributed by atoms with E-state index in [9.17, 15) is 0 Å². The van der Waals surface area contributed by atoms with Gasteiger partial charge >= 0.3 is 0 Å². The maximum absolute atomic E-state index is 6.12. The second-order valence-electron chi connectivity index (χ2n) is 10.6. The lowest BCUT2D eigenvalue weighted by Crippen LogP contribution is -2.19. The third kappa shape index (κ3) is 19.1. The van der Waals surface area contributed by atoms with Crippen LogP contribution in [0.2, 0.25) is 0 Å². The van der Waals surface area contributed by atoms with Crippen LogP contribution in [0.3, 0.4) is 0 Å². The van der Waals surface area contributed by atoms with Gasteiger partial charge in [0.2, 0.25) is 0 Å². The lowest BCUT2D eigenvalue weighted by atomic mass is 9.82. The van der Waals surface area contributed by atoms with Crippen molar-refractivity contribution in [2.75, 3.05) is 13.2 Å². The van der Waals surface area contributed by atoms with Crippen molar-refractivity contribution in [1.29, 1.82) is 0 Å². The van der Waals surface area contributed by atoms with Crippen LogP contribution < -0.4 is 14.2 Å². The van der Waals surface area contributed by atoms with Gasteiger partial charge in [-0.05, 0) is 56.1 Å². The molecule has 2 aromatic rings. The highest BCUT2D eigenvalue weighted by atomic mass is 16.5. The molecule has 2 atom stereocenters. The molecule has 2 saturated carbocycles. The molecule has 2 aliphatic carbocycles. The van der Waals surface area contributed by atoms with Crippen LogP contribution in [-0.4, -0.2) is 19.3 Å². The molecule has 3 nitrogen and oxygen atoms in total. The fourth-order valence-electron chi connectivity index (χ4n) is 5.99. The number of hydrogen-bond acceptors (Lipinski definition) is 3. The van der Waals surface area contributed by atoms with Crippen LogP contribution in [0, 0.1) is 0 Å². The van der Waals surface area contributed by atoms with Crippen molar-refractivity contribution < 1.29 is 14.2 Å². The van der Waals surface area contributed by atoms with Gasteiger partial charge < -0.3 is 14.2 Å². The van der Waals surface area contributed by atoms with Crippen molar-refractivity contribution in [2.24, 2.45) is 0 Å². The first-order valence-corrected chi connectivity index (χ1v) is 21.4. The Bertz CT molecular complexity index is 926. The third-order valence-electron chi connectivity index (χ3n) is 7.99. The van der Waals surface area contributed by atoms with E-state index < -0.39 is 0 Å². The van der Waals surface area contributed by atoms with Crippen LogP contribution in [0.15, 0.2) is 36.4 Å². The van der Waals surface area contributed by atoms with Crippen molar-refractivity contribution in [1.82, 2.24) is 0 Å². The van der Waals surface area contributed by atoms with Crippen molar-refractivity contribution in [3.05, 3.63) is 53.1 Å². The first-order valence-electron chi connectivity index (χ1n) is 21.4. The first kappa shape index (κ1) is 53.6. The Morgan fingerprint density at radius 3 is 1.29 bits per heavy atom. The van der Waals surface area contributed by atoms with Gasteiger partial charge in [0.15, 0.2) is 11.5 Å². The molecule has 290 valence electrons. The highest BCUT2D eigenvalue weighted by molar-refractivity contribution is 5.50. The van der Waals surface area contributed by atoms with Crippen LogP contribution in [0.25, 0.3) is 0 Å². The molecule has 0 spiro atoms. The Balaban J connectivity index is -0.000000295. The van der Waals surface area contributed by atoms with Crippen LogP contribution in [0.5, 0.6) is 17.2 Å². The van der Waals surface area contributed by atoms with Crippen molar-refractivity contribution in [2.45, 2.75) is 213 Å². The third-order valence-corrected chi connectivity index (χ3v) is 7.99. The van der Waals surface area contributed by atoms with Crippen LogP contribution in [0.1, 0.15) is 223 Å². The number of benzene rings is 2. The van der Waals surface area contributed by atoms with E-state index >= 15 is 0 Å². The highest BCUT2D eigenvalue weighted by Crippen LogP contribution is 2.44. The summed E-state index contributed by atoms with van der Waals surface area (Å²) in [6.45, 7) is 38.1. The Kier molecular flexibility index (Phi) is 42.3. The summed E-state index contributed by atoms with van der Waals surface area (Å²) in [5.74, 6) is 5.01. The maximum atomic E-state index is 6.12. The summed E-state index contributed by atoms with van der Waals surface area (Å²) in [7, 11) is 0. The molecular formula is C46H88O3. The SMILES string of the molecule is CC.CC.CC.CC.CC.CC.CC.CC.CC1COc2c(OC3CCCCC3)cccc21.CC1COc2c1cccc2C1CCCCC1.